The van der Waals surface area contributed by atoms with Gasteiger partial charge >= 0.3 is 0 Å². The Balaban J connectivity index is 1.66. The monoisotopic (exact) mass is 307 g/mol. The molecule has 1 aromatic rings. The number of hydrogen-bond donors (Lipinski definition) is 0. The molecule has 1 amide bonds. The Hall–Kier alpha value is -1.06. The summed E-state index contributed by atoms with van der Waals surface area (Å²) in [7, 11) is 0. The average Bonchev–Trinajstić information content (AvgIpc) is 2.55. The summed E-state index contributed by atoms with van der Waals surface area (Å²) in [6, 6.07) is 7.74. The number of carbonyl (C=O) groups excluding carboxylic acids is 1. The van der Waals surface area contributed by atoms with E-state index in [1.54, 1.807) is 0 Å². The first-order chi connectivity index (χ1) is 10.2. The number of halogens is 1. The second-order valence-corrected chi connectivity index (χ2v) is 6.47. The van der Waals surface area contributed by atoms with Gasteiger partial charge in [-0.15, -0.1) is 0 Å². The highest BCUT2D eigenvalue weighted by atomic mass is 35.5. The summed E-state index contributed by atoms with van der Waals surface area (Å²) in [4.78, 5) is 14.6. The molecule has 0 aromatic heterocycles. The summed E-state index contributed by atoms with van der Waals surface area (Å²) in [6.45, 7) is 1.97. The minimum atomic E-state index is -0.0509. The van der Waals surface area contributed by atoms with Gasteiger partial charge in [0.1, 0.15) is 6.10 Å². The molecule has 3 rings (SSSR count). The van der Waals surface area contributed by atoms with Crippen molar-refractivity contribution >= 4 is 17.5 Å². The van der Waals surface area contributed by atoms with Crippen LogP contribution in [0.2, 0.25) is 5.02 Å². The number of morpholine rings is 1. The van der Waals surface area contributed by atoms with Gasteiger partial charge in [0.05, 0.1) is 13.2 Å². The zero-order valence-electron chi connectivity index (χ0n) is 12.3. The number of rotatable bonds is 2. The third kappa shape index (κ3) is 3.58. The fourth-order valence-electron chi connectivity index (χ4n) is 3.37. The molecule has 4 heteroatoms. The lowest BCUT2D eigenvalue weighted by Gasteiger charge is -2.36. The molecule has 2 fully saturated rings. The van der Waals surface area contributed by atoms with E-state index in [-0.39, 0.29) is 12.0 Å². The minimum absolute atomic E-state index is 0.0509. The van der Waals surface area contributed by atoms with Gasteiger partial charge in [0.25, 0.3) is 0 Å². The normalized spacial score (nSPS) is 24.0. The zero-order valence-corrected chi connectivity index (χ0v) is 13.0. The van der Waals surface area contributed by atoms with Gasteiger partial charge in [0.2, 0.25) is 5.91 Å². The SMILES string of the molecule is O=C(C1CCCCC1)N1CCOC(c2cccc(Cl)c2)C1. The van der Waals surface area contributed by atoms with E-state index in [0.29, 0.717) is 30.6 Å². The second-order valence-electron chi connectivity index (χ2n) is 6.03. The predicted octanol–water partition coefficient (Wildman–Crippen LogP) is 3.82. The maximum Gasteiger partial charge on any atom is 0.225 e. The quantitative estimate of drug-likeness (QED) is 0.831. The molecule has 1 saturated carbocycles. The van der Waals surface area contributed by atoms with E-state index in [9.17, 15) is 4.79 Å². The second kappa shape index (κ2) is 6.80. The van der Waals surface area contributed by atoms with Crippen molar-refractivity contribution in [2.75, 3.05) is 19.7 Å². The van der Waals surface area contributed by atoms with Crippen molar-refractivity contribution in [3.63, 3.8) is 0 Å². The third-order valence-corrected chi connectivity index (χ3v) is 4.79. The Morgan fingerprint density at radius 2 is 2.05 bits per heavy atom. The topological polar surface area (TPSA) is 29.5 Å². The van der Waals surface area contributed by atoms with E-state index in [0.717, 1.165) is 18.4 Å². The molecule has 1 aliphatic heterocycles. The summed E-state index contributed by atoms with van der Waals surface area (Å²) in [6.07, 6.45) is 5.72. The van der Waals surface area contributed by atoms with Gasteiger partial charge < -0.3 is 9.64 Å². The lowest BCUT2D eigenvalue weighted by molar-refractivity contribution is -0.144. The van der Waals surface area contributed by atoms with Crippen molar-refractivity contribution in [3.8, 4) is 0 Å². The van der Waals surface area contributed by atoms with E-state index in [2.05, 4.69) is 0 Å². The maximum atomic E-state index is 12.6. The smallest absolute Gasteiger partial charge is 0.225 e. The van der Waals surface area contributed by atoms with Crippen LogP contribution in [0.15, 0.2) is 24.3 Å². The molecule has 1 aromatic carbocycles. The number of nitrogens with zero attached hydrogens (tertiary/aromatic N) is 1. The molecule has 114 valence electrons. The first-order valence-electron chi connectivity index (χ1n) is 7.90. The van der Waals surface area contributed by atoms with E-state index in [1.165, 1.54) is 19.3 Å². The summed E-state index contributed by atoms with van der Waals surface area (Å²) in [5.74, 6) is 0.557. The highest BCUT2D eigenvalue weighted by Crippen LogP contribution is 2.29. The Morgan fingerprint density at radius 1 is 1.24 bits per heavy atom. The predicted molar refractivity (Wildman–Crippen MR) is 83.3 cm³/mol. The van der Waals surface area contributed by atoms with Crippen molar-refractivity contribution < 1.29 is 9.53 Å². The van der Waals surface area contributed by atoms with Crippen LogP contribution in [0.25, 0.3) is 0 Å². The van der Waals surface area contributed by atoms with Crippen LogP contribution < -0.4 is 0 Å². The third-order valence-electron chi connectivity index (χ3n) is 4.55. The molecule has 1 heterocycles. The van der Waals surface area contributed by atoms with Crippen molar-refractivity contribution in [2.24, 2.45) is 5.92 Å². The fraction of sp³-hybridized carbons (Fsp3) is 0.588. The molecule has 0 N–H and O–H groups in total. The highest BCUT2D eigenvalue weighted by molar-refractivity contribution is 6.30. The molecule has 2 aliphatic rings. The van der Waals surface area contributed by atoms with Gasteiger partial charge in [0, 0.05) is 17.5 Å². The Bertz CT molecular complexity index is 499. The van der Waals surface area contributed by atoms with Gasteiger partial charge in [-0.1, -0.05) is 43.0 Å². The van der Waals surface area contributed by atoms with Crippen molar-refractivity contribution in [3.05, 3.63) is 34.9 Å². The molecule has 1 unspecified atom stereocenters. The first kappa shape index (κ1) is 14.9. The van der Waals surface area contributed by atoms with Crippen LogP contribution in [0.5, 0.6) is 0 Å². The molecule has 21 heavy (non-hydrogen) atoms. The van der Waals surface area contributed by atoms with E-state index in [4.69, 9.17) is 16.3 Å². The molecule has 0 spiro atoms. The van der Waals surface area contributed by atoms with Crippen LogP contribution in [0.1, 0.15) is 43.8 Å². The number of hydrogen-bond acceptors (Lipinski definition) is 2. The molecular formula is C17H22ClNO2. The van der Waals surface area contributed by atoms with Crippen LogP contribution in [-0.4, -0.2) is 30.5 Å². The Kier molecular flexibility index (Phi) is 4.81. The summed E-state index contributed by atoms with van der Waals surface area (Å²) in [5, 5.41) is 0.715. The van der Waals surface area contributed by atoms with E-state index in [1.807, 2.05) is 29.2 Å². The Morgan fingerprint density at radius 3 is 2.81 bits per heavy atom. The van der Waals surface area contributed by atoms with Crippen LogP contribution in [0.3, 0.4) is 0 Å². The molecule has 1 saturated heterocycles. The lowest BCUT2D eigenvalue weighted by atomic mass is 9.88. The van der Waals surface area contributed by atoms with Gasteiger partial charge in [-0.05, 0) is 30.5 Å². The first-order valence-corrected chi connectivity index (χ1v) is 8.27. The van der Waals surface area contributed by atoms with Crippen LogP contribution in [-0.2, 0) is 9.53 Å². The van der Waals surface area contributed by atoms with Gasteiger partial charge in [0.15, 0.2) is 0 Å². The van der Waals surface area contributed by atoms with Crippen molar-refractivity contribution in [2.45, 2.75) is 38.2 Å². The maximum absolute atomic E-state index is 12.6. The zero-order chi connectivity index (χ0) is 14.7. The number of amides is 1. The standard InChI is InChI=1S/C17H22ClNO2/c18-15-8-4-7-14(11-15)16-12-19(9-10-21-16)17(20)13-5-2-1-3-6-13/h4,7-8,11,13,16H,1-3,5-6,9-10,12H2. The molecule has 0 radical (unpaired) electrons. The number of benzene rings is 1. The van der Waals surface area contributed by atoms with Gasteiger partial charge in [-0.25, -0.2) is 0 Å². The van der Waals surface area contributed by atoms with Crippen LogP contribution in [0, 0.1) is 5.92 Å². The van der Waals surface area contributed by atoms with Gasteiger partial charge in [-0.2, -0.15) is 0 Å². The van der Waals surface area contributed by atoms with Crippen LogP contribution in [0.4, 0.5) is 0 Å². The molecular weight excluding hydrogens is 286 g/mol. The Labute approximate surface area is 131 Å². The highest BCUT2D eigenvalue weighted by Gasteiger charge is 2.30. The van der Waals surface area contributed by atoms with Crippen molar-refractivity contribution in [1.29, 1.82) is 0 Å². The average molecular weight is 308 g/mol. The van der Waals surface area contributed by atoms with E-state index >= 15 is 0 Å². The minimum Gasteiger partial charge on any atom is -0.370 e. The summed E-state index contributed by atoms with van der Waals surface area (Å²) < 4.78 is 5.83. The van der Waals surface area contributed by atoms with Crippen molar-refractivity contribution in [1.82, 2.24) is 4.90 Å². The summed E-state index contributed by atoms with van der Waals surface area (Å²) >= 11 is 6.05. The molecule has 1 atom stereocenters. The number of ether oxygens (including phenoxy) is 1. The largest absolute Gasteiger partial charge is 0.370 e. The van der Waals surface area contributed by atoms with E-state index < -0.39 is 0 Å². The molecule has 1 aliphatic carbocycles. The fourth-order valence-corrected chi connectivity index (χ4v) is 3.56. The lowest BCUT2D eigenvalue weighted by Crippen LogP contribution is -2.45. The molecule has 0 bridgehead atoms. The molecule has 3 nitrogen and oxygen atoms in total. The number of carbonyl (C=O) groups is 1. The van der Waals surface area contributed by atoms with Gasteiger partial charge in [-0.3, -0.25) is 4.79 Å². The summed E-state index contributed by atoms with van der Waals surface area (Å²) in [5.41, 5.74) is 1.06. The van der Waals surface area contributed by atoms with Crippen LogP contribution >= 0.6 is 11.6 Å².